The second-order valence-electron chi connectivity index (χ2n) is 15.9. The highest BCUT2D eigenvalue weighted by molar-refractivity contribution is 5.98. The molecule has 23 nitrogen and oxygen atoms in total. The summed E-state index contributed by atoms with van der Waals surface area (Å²) >= 11 is 0. The van der Waals surface area contributed by atoms with Gasteiger partial charge in [-0.15, -0.1) is 0 Å². The minimum Gasteiger partial charge on any atom is -0.394 e. The number of amides is 9. The van der Waals surface area contributed by atoms with E-state index in [-0.39, 0.29) is 69.9 Å². The topological polar surface area (TPSA) is 392 Å². The molecule has 1 aromatic rings. The average molecular weight is 888 g/mol. The Morgan fingerprint density at radius 3 is 1.87 bits per heavy atom. The Labute approximate surface area is 366 Å². The third kappa shape index (κ3) is 18.3. The number of aliphatic hydroxyl groups excluding tert-OH is 1. The standard InChI is InChI=1S/C40H65N13O10/c1-21(2)18-29(52-34(58)25(41)20-54)37(61)47-22(3)33(57)48-23(4)39(63)53-17-9-13-30(53)38(62)50-27(14-15-31(42)55)36(60)49-26(12-8-16-46-40(44)45)35(59)51-28(32(43)56)19-24-10-6-5-7-11-24/h5-7,10-11,21-23,25-30,54H,8-9,12-20,41H2,1-4H3,(H2,42,55)(H2,43,56)(H,47,61)(H,48,57)(H,49,60)(H,50,62)(H,51,59)(H,52,58)(H4,44,45,46)/t22-,23-,25-,26-,27-,28-,29-,30-/m0/s1. The number of hydrogen-bond acceptors (Lipinski definition) is 12. The Bertz CT molecular complexity index is 1790. The van der Waals surface area contributed by atoms with Gasteiger partial charge in [-0.05, 0) is 63.9 Å². The minimum absolute atomic E-state index is 0.0209. The molecule has 0 aliphatic carbocycles. The molecule has 0 saturated carbocycles. The first-order valence-corrected chi connectivity index (χ1v) is 20.8. The number of likely N-dealkylation sites (tertiary alicyclic amines) is 1. The first-order valence-electron chi connectivity index (χ1n) is 20.8. The zero-order valence-corrected chi connectivity index (χ0v) is 36.3. The van der Waals surface area contributed by atoms with E-state index in [9.17, 15) is 48.3 Å². The van der Waals surface area contributed by atoms with E-state index in [1.807, 2.05) is 13.8 Å². The molecule has 2 rings (SSSR count). The van der Waals surface area contributed by atoms with Crippen LogP contribution in [0.15, 0.2) is 35.3 Å². The lowest BCUT2D eigenvalue weighted by molar-refractivity contribution is -0.142. The number of primary amides is 2. The maximum Gasteiger partial charge on any atom is 0.245 e. The summed E-state index contributed by atoms with van der Waals surface area (Å²) in [5.74, 6) is -7.06. The molecule has 1 aliphatic rings. The largest absolute Gasteiger partial charge is 0.394 e. The van der Waals surface area contributed by atoms with Crippen LogP contribution in [0.3, 0.4) is 0 Å². The molecule has 0 unspecified atom stereocenters. The Morgan fingerprint density at radius 2 is 1.30 bits per heavy atom. The molecule has 63 heavy (non-hydrogen) atoms. The van der Waals surface area contributed by atoms with E-state index in [4.69, 9.17) is 28.7 Å². The quantitative estimate of drug-likeness (QED) is 0.0237. The summed E-state index contributed by atoms with van der Waals surface area (Å²) in [7, 11) is 0. The number of rotatable bonds is 26. The third-order valence-corrected chi connectivity index (χ3v) is 10.0. The number of carbonyl (C=O) groups is 9. The van der Waals surface area contributed by atoms with Crippen molar-refractivity contribution >= 4 is 59.1 Å². The molecule has 9 amide bonds. The predicted molar refractivity (Wildman–Crippen MR) is 230 cm³/mol. The summed E-state index contributed by atoms with van der Waals surface area (Å²) in [6.45, 7) is 5.97. The Morgan fingerprint density at radius 1 is 0.730 bits per heavy atom. The van der Waals surface area contributed by atoms with Gasteiger partial charge in [-0.3, -0.25) is 48.1 Å². The summed E-state index contributed by atoms with van der Waals surface area (Å²) in [4.78, 5) is 123. The number of benzene rings is 1. The number of nitrogens with zero attached hydrogens (tertiary/aromatic N) is 2. The number of hydrogen-bond donors (Lipinski definition) is 12. The van der Waals surface area contributed by atoms with Gasteiger partial charge in [-0.25, -0.2) is 0 Å². The minimum atomic E-state index is -1.42. The summed E-state index contributed by atoms with van der Waals surface area (Å²) in [6, 6.07) is -0.865. The molecule has 8 atom stereocenters. The lowest BCUT2D eigenvalue weighted by Gasteiger charge is -2.29. The average Bonchev–Trinajstić information content (AvgIpc) is 3.72. The highest BCUT2D eigenvalue weighted by Crippen LogP contribution is 2.19. The van der Waals surface area contributed by atoms with Crippen LogP contribution in [0.25, 0.3) is 0 Å². The van der Waals surface area contributed by atoms with Crippen molar-refractivity contribution in [2.75, 3.05) is 19.7 Å². The van der Waals surface area contributed by atoms with Gasteiger partial charge in [0, 0.05) is 25.9 Å². The van der Waals surface area contributed by atoms with E-state index >= 15 is 0 Å². The van der Waals surface area contributed by atoms with Crippen LogP contribution in [0.5, 0.6) is 0 Å². The molecule has 1 heterocycles. The maximum atomic E-state index is 13.8. The van der Waals surface area contributed by atoms with Crippen molar-refractivity contribution in [1.29, 1.82) is 0 Å². The lowest BCUT2D eigenvalue weighted by Crippen LogP contribution is -2.59. The third-order valence-electron chi connectivity index (χ3n) is 10.0. The van der Waals surface area contributed by atoms with E-state index in [0.29, 0.717) is 12.0 Å². The van der Waals surface area contributed by atoms with Gasteiger partial charge in [0.25, 0.3) is 0 Å². The number of aliphatic hydroxyl groups is 1. The van der Waals surface area contributed by atoms with E-state index in [0.717, 1.165) is 0 Å². The second kappa shape index (κ2) is 26.2. The van der Waals surface area contributed by atoms with Crippen LogP contribution in [0.1, 0.15) is 78.2 Å². The highest BCUT2D eigenvalue weighted by Gasteiger charge is 2.39. The molecule has 1 aromatic carbocycles. The normalized spacial score (nSPS) is 16.7. The van der Waals surface area contributed by atoms with E-state index in [1.54, 1.807) is 30.3 Å². The van der Waals surface area contributed by atoms with Gasteiger partial charge in [0.2, 0.25) is 53.2 Å². The van der Waals surface area contributed by atoms with Gasteiger partial charge in [0.1, 0.15) is 48.3 Å². The van der Waals surface area contributed by atoms with Crippen molar-refractivity contribution < 1.29 is 48.3 Å². The SMILES string of the molecule is CC(C)C[C@H](NC(=O)[C@@H](N)CO)C(=O)N[C@@H](C)C(=O)N[C@@H](C)C(=O)N1CCC[C@H]1C(=O)N[C@@H](CCC(N)=O)C(=O)N[C@@H](CCCN=C(N)N)C(=O)N[C@@H](Cc1ccccc1)C(N)=O. The number of carbonyl (C=O) groups excluding carboxylic acids is 9. The van der Waals surface area contributed by atoms with Crippen LogP contribution in [0.4, 0.5) is 0 Å². The van der Waals surface area contributed by atoms with Gasteiger partial charge >= 0.3 is 0 Å². The molecule has 0 aromatic heterocycles. The van der Waals surface area contributed by atoms with Crippen molar-refractivity contribution in [2.24, 2.45) is 39.6 Å². The van der Waals surface area contributed by atoms with Gasteiger partial charge in [0.05, 0.1) is 6.61 Å². The van der Waals surface area contributed by atoms with Crippen LogP contribution in [-0.2, 0) is 49.6 Å². The van der Waals surface area contributed by atoms with Gasteiger partial charge in [0.15, 0.2) is 5.96 Å². The van der Waals surface area contributed by atoms with E-state index in [1.165, 1.54) is 18.7 Å². The predicted octanol–water partition coefficient (Wildman–Crippen LogP) is -4.66. The van der Waals surface area contributed by atoms with Crippen molar-refractivity contribution in [3.05, 3.63) is 35.9 Å². The zero-order chi connectivity index (χ0) is 47.4. The molecule has 1 fully saturated rings. The lowest BCUT2D eigenvalue weighted by atomic mass is 10.0. The maximum absolute atomic E-state index is 13.8. The number of aliphatic imine (C=N–C) groups is 1. The van der Waals surface area contributed by atoms with Crippen LogP contribution in [-0.4, -0.2) is 137 Å². The molecular weight excluding hydrogens is 823 g/mol. The molecule has 1 saturated heterocycles. The molecule has 0 bridgehead atoms. The second-order valence-corrected chi connectivity index (χ2v) is 15.9. The highest BCUT2D eigenvalue weighted by atomic mass is 16.3. The molecule has 350 valence electrons. The summed E-state index contributed by atoms with van der Waals surface area (Å²) in [5.41, 5.74) is 28.1. The van der Waals surface area contributed by atoms with E-state index < -0.39 is 108 Å². The molecule has 1 aliphatic heterocycles. The van der Waals surface area contributed by atoms with Crippen LogP contribution >= 0.6 is 0 Å². The number of nitrogens with one attached hydrogen (secondary N) is 6. The fourth-order valence-corrected chi connectivity index (χ4v) is 6.61. The fourth-order valence-electron chi connectivity index (χ4n) is 6.61. The van der Waals surface area contributed by atoms with Crippen LogP contribution in [0, 0.1) is 5.92 Å². The Kier molecular flexibility index (Phi) is 21.9. The van der Waals surface area contributed by atoms with Crippen LogP contribution in [0.2, 0.25) is 0 Å². The number of guanidine groups is 1. The summed E-state index contributed by atoms with van der Waals surface area (Å²) in [6.07, 6.45) is 0.393. The first kappa shape index (κ1) is 52.8. The van der Waals surface area contributed by atoms with Crippen molar-refractivity contribution in [2.45, 2.75) is 127 Å². The first-order chi connectivity index (χ1) is 29.6. The van der Waals surface area contributed by atoms with Gasteiger partial charge in [-0.1, -0.05) is 44.2 Å². The van der Waals surface area contributed by atoms with Crippen molar-refractivity contribution in [3.63, 3.8) is 0 Å². The number of nitrogens with two attached hydrogens (primary N) is 5. The van der Waals surface area contributed by atoms with Gasteiger partial charge in [-0.2, -0.15) is 0 Å². The Balaban J connectivity index is 2.20. The molecule has 0 radical (unpaired) electrons. The zero-order valence-electron chi connectivity index (χ0n) is 36.3. The molecule has 17 N–H and O–H groups in total. The Hall–Kier alpha value is -6.36. The molecule has 23 heteroatoms. The van der Waals surface area contributed by atoms with Gasteiger partial charge < -0.3 is 70.6 Å². The smallest absolute Gasteiger partial charge is 0.245 e. The summed E-state index contributed by atoms with van der Waals surface area (Å²) in [5, 5.41) is 24.5. The van der Waals surface area contributed by atoms with Crippen molar-refractivity contribution in [3.8, 4) is 0 Å². The fraction of sp³-hybridized carbons (Fsp3) is 0.600. The van der Waals surface area contributed by atoms with Crippen LogP contribution < -0.4 is 60.6 Å². The van der Waals surface area contributed by atoms with Crippen molar-refractivity contribution in [1.82, 2.24) is 36.8 Å². The summed E-state index contributed by atoms with van der Waals surface area (Å²) < 4.78 is 0. The molecular formula is C40H65N13O10. The monoisotopic (exact) mass is 887 g/mol. The molecule has 0 spiro atoms. The van der Waals surface area contributed by atoms with E-state index in [2.05, 4.69) is 36.9 Å².